The largest absolute Gasteiger partial charge is 0.322 e. The van der Waals surface area contributed by atoms with E-state index in [-0.39, 0.29) is 16.8 Å². The van der Waals surface area contributed by atoms with Gasteiger partial charge < -0.3 is 5.32 Å². The van der Waals surface area contributed by atoms with Gasteiger partial charge in [0.15, 0.2) is 0 Å². The molecule has 1 N–H and O–H groups in total. The SMILES string of the molecule is Cc1cc(Br)cc(C)c1NC(=O)c1ccc2c(c1)C[C@@H](C)N2S(=O)(=O)c1ccccc1. The Labute approximate surface area is 191 Å². The molecule has 0 saturated heterocycles. The lowest BCUT2D eigenvalue weighted by Gasteiger charge is -2.24. The highest BCUT2D eigenvalue weighted by atomic mass is 79.9. The monoisotopic (exact) mass is 498 g/mol. The number of aryl methyl sites for hydroxylation is 2. The van der Waals surface area contributed by atoms with Crippen molar-refractivity contribution in [1.82, 2.24) is 0 Å². The molecule has 0 aliphatic carbocycles. The summed E-state index contributed by atoms with van der Waals surface area (Å²) >= 11 is 3.47. The van der Waals surface area contributed by atoms with Crippen LogP contribution in [0.3, 0.4) is 0 Å². The van der Waals surface area contributed by atoms with Gasteiger partial charge in [0.1, 0.15) is 0 Å². The van der Waals surface area contributed by atoms with E-state index in [0.29, 0.717) is 17.7 Å². The summed E-state index contributed by atoms with van der Waals surface area (Å²) in [6.07, 6.45) is 0.554. The number of anilines is 2. The van der Waals surface area contributed by atoms with Crippen LogP contribution in [-0.4, -0.2) is 20.4 Å². The molecular formula is C24H23BrN2O3S. The zero-order valence-electron chi connectivity index (χ0n) is 17.5. The van der Waals surface area contributed by atoms with Crippen molar-refractivity contribution in [2.24, 2.45) is 0 Å². The molecule has 31 heavy (non-hydrogen) atoms. The van der Waals surface area contributed by atoms with E-state index in [1.165, 1.54) is 4.31 Å². The van der Waals surface area contributed by atoms with Crippen LogP contribution in [0.1, 0.15) is 34.0 Å². The average molecular weight is 499 g/mol. The van der Waals surface area contributed by atoms with Crippen LogP contribution in [0.5, 0.6) is 0 Å². The van der Waals surface area contributed by atoms with Gasteiger partial charge in [0.25, 0.3) is 15.9 Å². The molecule has 0 unspecified atom stereocenters. The fourth-order valence-electron chi connectivity index (χ4n) is 4.11. The predicted octanol–water partition coefficient (Wildman–Crippen LogP) is 5.46. The number of hydrogen-bond acceptors (Lipinski definition) is 3. The van der Waals surface area contributed by atoms with E-state index in [1.807, 2.05) is 32.9 Å². The lowest BCUT2D eigenvalue weighted by molar-refractivity contribution is 0.102. The molecule has 1 heterocycles. The van der Waals surface area contributed by atoms with E-state index < -0.39 is 10.0 Å². The first kappa shape index (κ1) is 21.6. The lowest BCUT2D eigenvalue weighted by Crippen LogP contribution is -2.35. The summed E-state index contributed by atoms with van der Waals surface area (Å²) in [7, 11) is -3.67. The first-order chi connectivity index (χ1) is 14.7. The Balaban J connectivity index is 1.65. The first-order valence-corrected chi connectivity index (χ1v) is 12.2. The summed E-state index contributed by atoms with van der Waals surface area (Å²) in [5.74, 6) is -0.214. The van der Waals surface area contributed by atoms with E-state index in [9.17, 15) is 13.2 Å². The molecule has 1 aliphatic heterocycles. The maximum absolute atomic E-state index is 13.2. The summed E-state index contributed by atoms with van der Waals surface area (Å²) < 4.78 is 28.9. The second kappa shape index (κ2) is 8.13. The van der Waals surface area contributed by atoms with Gasteiger partial charge in [-0.15, -0.1) is 0 Å². The zero-order valence-corrected chi connectivity index (χ0v) is 19.9. The van der Waals surface area contributed by atoms with Gasteiger partial charge in [-0.3, -0.25) is 9.10 Å². The molecule has 0 saturated carbocycles. The molecule has 0 aromatic heterocycles. The number of benzene rings is 3. The van der Waals surface area contributed by atoms with Gasteiger partial charge in [-0.25, -0.2) is 8.42 Å². The highest BCUT2D eigenvalue weighted by Gasteiger charge is 2.36. The molecule has 1 atom stereocenters. The van der Waals surface area contributed by atoms with Crippen LogP contribution in [-0.2, 0) is 16.4 Å². The van der Waals surface area contributed by atoms with Crippen LogP contribution in [0.25, 0.3) is 0 Å². The van der Waals surface area contributed by atoms with E-state index >= 15 is 0 Å². The van der Waals surface area contributed by atoms with Gasteiger partial charge in [-0.05, 0) is 86.3 Å². The van der Waals surface area contributed by atoms with Crippen LogP contribution < -0.4 is 9.62 Å². The van der Waals surface area contributed by atoms with E-state index in [4.69, 9.17) is 0 Å². The third kappa shape index (κ3) is 4.00. The van der Waals surface area contributed by atoms with Crippen LogP contribution >= 0.6 is 15.9 Å². The number of carbonyl (C=O) groups is 1. The molecule has 4 rings (SSSR count). The molecule has 0 spiro atoms. The van der Waals surface area contributed by atoms with Gasteiger partial charge in [-0.2, -0.15) is 0 Å². The van der Waals surface area contributed by atoms with E-state index in [2.05, 4.69) is 21.2 Å². The molecule has 0 bridgehead atoms. The van der Waals surface area contributed by atoms with Gasteiger partial charge in [0.05, 0.1) is 10.6 Å². The summed E-state index contributed by atoms with van der Waals surface area (Å²) in [4.78, 5) is 13.2. The number of nitrogens with zero attached hydrogens (tertiary/aromatic N) is 1. The van der Waals surface area contributed by atoms with Crippen molar-refractivity contribution in [3.63, 3.8) is 0 Å². The minimum atomic E-state index is -3.67. The van der Waals surface area contributed by atoms with Gasteiger partial charge in [-0.1, -0.05) is 34.1 Å². The van der Waals surface area contributed by atoms with Crippen LogP contribution in [0.2, 0.25) is 0 Å². The molecule has 0 fully saturated rings. The molecular weight excluding hydrogens is 476 g/mol. The molecule has 5 nitrogen and oxygen atoms in total. The van der Waals surface area contributed by atoms with E-state index in [0.717, 1.165) is 26.9 Å². The van der Waals surface area contributed by atoms with Gasteiger partial charge in [0.2, 0.25) is 0 Å². The minimum absolute atomic E-state index is 0.214. The molecule has 3 aromatic rings. The molecule has 1 amide bonds. The number of halogens is 1. The fraction of sp³-hybridized carbons (Fsp3) is 0.208. The Bertz CT molecular complexity index is 1250. The predicted molar refractivity (Wildman–Crippen MR) is 127 cm³/mol. The quantitative estimate of drug-likeness (QED) is 0.519. The third-order valence-corrected chi connectivity index (χ3v) is 7.93. The number of amides is 1. The van der Waals surface area contributed by atoms with Crippen molar-refractivity contribution < 1.29 is 13.2 Å². The van der Waals surface area contributed by atoms with Crippen LogP contribution in [0.4, 0.5) is 11.4 Å². The number of rotatable bonds is 4. The maximum Gasteiger partial charge on any atom is 0.264 e. The minimum Gasteiger partial charge on any atom is -0.322 e. The van der Waals surface area contributed by atoms with Crippen molar-refractivity contribution >= 4 is 43.2 Å². The van der Waals surface area contributed by atoms with Gasteiger partial charge in [0, 0.05) is 21.8 Å². The number of hydrogen-bond donors (Lipinski definition) is 1. The summed E-state index contributed by atoms with van der Waals surface area (Å²) in [6, 6.07) is 17.3. The zero-order chi connectivity index (χ0) is 22.3. The Morgan fingerprint density at radius 1 is 1.03 bits per heavy atom. The van der Waals surface area contributed by atoms with E-state index in [1.54, 1.807) is 48.5 Å². The van der Waals surface area contributed by atoms with Gasteiger partial charge >= 0.3 is 0 Å². The van der Waals surface area contributed by atoms with Crippen molar-refractivity contribution in [3.05, 3.63) is 87.4 Å². The van der Waals surface area contributed by atoms with Crippen LogP contribution in [0.15, 0.2) is 70.0 Å². The third-order valence-electron chi connectivity index (χ3n) is 5.53. The van der Waals surface area contributed by atoms with Crippen LogP contribution in [0, 0.1) is 13.8 Å². The molecule has 1 aliphatic rings. The lowest BCUT2D eigenvalue weighted by atomic mass is 10.1. The Kier molecular flexibility index (Phi) is 5.66. The standard InChI is InChI=1S/C24H23BrN2O3S/c1-15-11-20(25)12-16(2)23(15)26-24(28)18-9-10-22-19(14-18)13-17(3)27(22)31(29,30)21-7-5-4-6-8-21/h4-12,14,17H,13H2,1-3H3,(H,26,28)/t17-/m1/s1. The maximum atomic E-state index is 13.2. The number of fused-ring (bicyclic) bond motifs is 1. The Hall–Kier alpha value is -2.64. The molecule has 160 valence electrons. The number of nitrogens with one attached hydrogen (secondary N) is 1. The topological polar surface area (TPSA) is 66.5 Å². The van der Waals surface area contributed by atoms with Crippen molar-refractivity contribution in [2.75, 3.05) is 9.62 Å². The first-order valence-electron chi connectivity index (χ1n) is 9.99. The molecule has 0 radical (unpaired) electrons. The second-order valence-corrected chi connectivity index (χ2v) is 10.6. The normalized spacial score (nSPS) is 15.6. The van der Waals surface area contributed by atoms with Crippen molar-refractivity contribution in [2.45, 2.75) is 38.1 Å². The Morgan fingerprint density at radius 2 is 1.68 bits per heavy atom. The van der Waals surface area contributed by atoms with Crippen molar-refractivity contribution in [1.29, 1.82) is 0 Å². The molecule has 3 aromatic carbocycles. The second-order valence-electron chi connectivity index (χ2n) is 7.88. The highest BCUT2D eigenvalue weighted by molar-refractivity contribution is 9.10. The summed E-state index contributed by atoms with van der Waals surface area (Å²) in [5.41, 5.74) is 4.71. The number of carbonyl (C=O) groups excluding carboxylic acids is 1. The number of sulfonamides is 1. The smallest absolute Gasteiger partial charge is 0.264 e. The van der Waals surface area contributed by atoms with Crippen molar-refractivity contribution in [3.8, 4) is 0 Å². The summed E-state index contributed by atoms with van der Waals surface area (Å²) in [5, 5.41) is 3.00. The highest BCUT2D eigenvalue weighted by Crippen LogP contribution is 2.37. The summed E-state index contributed by atoms with van der Waals surface area (Å²) in [6.45, 7) is 5.78. The molecule has 7 heteroatoms. The Morgan fingerprint density at radius 3 is 2.32 bits per heavy atom. The fourth-order valence-corrected chi connectivity index (χ4v) is 6.51. The average Bonchev–Trinajstić information content (AvgIpc) is 3.06.